The predicted octanol–water partition coefficient (Wildman–Crippen LogP) is 0.500. The zero-order chi connectivity index (χ0) is 11.5. The molecule has 0 spiro atoms. The molecule has 0 bridgehead atoms. The topological polar surface area (TPSA) is 52.6 Å². The summed E-state index contributed by atoms with van der Waals surface area (Å²) in [4.78, 5) is 14.3. The van der Waals surface area contributed by atoms with Crippen LogP contribution in [0.1, 0.15) is 39.0 Å². The summed E-state index contributed by atoms with van der Waals surface area (Å²) in [5.41, 5.74) is 0. The fourth-order valence-corrected chi connectivity index (χ4v) is 2.71. The van der Waals surface area contributed by atoms with E-state index >= 15 is 0 Å². The van der Waals surface area contributed by atoms with Crippen molar-refractivity contribution in [1.29, 1.82) is 0 Å². The molecule has 3 unspecified atom stereocenters. The molecule has 16 heavy (non-hydrogen) atoms. The van der Waals surface area contributed by atoms with E-state index in [1.54, 1.807) is 0 Å². The van der Waals surface area contributed by atoms with Crippen LogP contribution in [-0.2, 0) is 4.79 Å². The van der Waals surface area contributed by atoms with E-state index in [1.165, 1.54) is 12.8 Å². The number of amides is 1. The number of nitrogens with zero attached hydrogens (tertiary/aromatic N) is 1. The third kappa shape index (κ3) is 2.55. The molecular weight excluding hydrogens is 204 g/mol. The monoisotopic (exact) mass is 226 g/mol. The number of hydrogen-bond donors (Lipinski definition) is 2. The van der Waals surface area contributed by atoms with Gasteiger partial charge in [0, 0.05) is 19.1 Å². The number of nitrogens with one attached hydrogen (secondary N) is 1. The molecule has 4 nitrogen and oxygen atoms in total. The molecule has 0 aliphatic carbocycles. The van der Waals surface area contributed by atoms with Crippen LogP contribution >= 0.6 is 0 Å². The van der Waals surface area contributed by atoms with Gasteiger partial charge in [0.1, 0.15) is 0 Å². The first-order valence-electron chi connectivity index (χ1n) is 6.40. The summed E-state index contributed by atoms with van der Waals surface area (Å²) in [6, 6.07) is 0.199. The smallest absolute Gasteiger partial charge is 0.240 e. The first kappa shape index (κ1) is 11.9. The Labute approximate surface area is 97.0 Å². The lowest BCUT2D eigenvalue weighted by Gasteiger charge is -2.29. The summed E-state index contributed by atoms with van der Waals surface area (Å²) < 4.78 is 0. The average Bonchev–Trinajstić information content (AvgIpc) is 2.57. The number of rotatable bonds is 1. The lowest BCUT2D eigenvalue weighted by atomic mass is 10.1. The second kappa shape index (κ2) is 5.15. The third-order valence-corrected chi connectivity index (χ3v) is 3.74. The number of hydrogen-bond acceptors (Lipinski definition) is 3. The van der Waals surface area contributed by atoms with Crippen molar-refractivity contribution in [3.63, 3.8) is 0 Å². The molecule has 0 radical (unpaired) electrons. The van der Waals surface area contributed by atoms with Gasteiger partial charge in [-0.3, -0.25) is 4.79 Å². The van der Waals surface area contributed by atoms with Gasteiger partial charge in [0.2, 0.25) is 5.91 Å². The minimum Gasteiger partial charge on any atom is -0.392 e. The number of carbonyl (C=O) groups excluding carboxylic acids is 1. The van der Waals surface area contributed by atoms with E-state index in [-0.39, 0.29) is 18.1 Å². The van der Waals surface area contributed by atoms with Gasteiger partial charge in [-0.1, -0.05) is 12.8 Å². The molecule has 0 aromatic carbocycles. The van der Waals surface area contributed by atoms with Gasteiger partial charge in [-0.25, -0.2) is 0 Å². The van der Waals surface area contributed by atoms with Crippen LogP contribution in [0, 0.1) is 0 Å². The zero-order valence-corrected chi connectivity index (χ0v) is 9.98. The Kier molecular flexibility index (Phi) is 3.82. The summed E-state index contributed by atoms with van der Waals surface area (Å²) in [6.45, 7) is 3.57. The van der Waals surface area contributed by atoms with E-state index in [0.29, 0.717) is 19.0 Å². The number of aliphatic hydroxyl groups excluding tert-OH is 1. The molecule has 4 heteroatoms. The summed E-state index contributed by atoms with van der Waals surface area (Å²) in [5.74, 6) is 0.186. The Bertz CT molecular complexity index is 257. The van der Waals surface area contributed by atoms with Crippen molar-refractivity contribution in [2.24, 2.45) is 0 Å². The highest BCUT2D eigenvalue weighted by Gasteiger charge is 2.33. The van der Waals surface area contributed by atoms with Crippen molar-refractivity contribution < 1.29 is 9.90 Å². The standard InChI is InChI=1S/C12H22N2O2/c1-9-5-3-2-4-6-14(9)12(16)11-7-10(15)8-13-11/h9-11,13,15H,2-8H2,1H3. The maximum Gasteiger partial charge on any atom is 0.240 e. The van der Waals surface area contributed by atoms with E-state index in [4.69, 9.17) is 0 Å². The van der Waals surface area contributed by atoms with Gasteiger partial charge < -0.3 is 15.3 Å². The Hall–Kier alpha value is -0.610. The van der Waals surface area contributed by atoms with E-state index in [1.807, 2.05) is 4.90 Å². The van der Waals surface area contributed by atoms with Crippen LogP contribution in [0.4, 0.5) is 0 Å². The van der Waals surface area contributed by atoms with Crippen LogP contribution in [0.25, 0.3) is 0 Å². The number of β-amino-alcohol motifs (C(OH)–C–C–N with tert-alkyl or cyclic N) is 1. The van der Waals surface area contributed by atoms with Crippen LogP contribution in [0.5, 0.6) is 0 Å². The normalized spacial score (nSPS) is 36.1. The Morgan fingerprint density at radius 3 is 2.88 bits per heavy atom. The Balaban J connectivity index is 1.96. The fraction of sp³-hybridized carbons (Fsp3) is 0.917. The van der Waals surface area contributed by atoms with Crippen LogP contribution in [0.3, 0.4) is 0 Å². The van der Waals surface area contributed by atoms with Crippen molar-refractivity contribution in [3.8, 4) is 0 Å². The van der Waals surface area contributed by atoms with Crippen LogP contribution in [-0.4, -0.2) is 47.2 Å². The first-order valence-corrected chi connectivity index (χ1v) is 6.40. The molecule has 1 amide bonds. The Morgan fingerprint density at radius 2 is 2.19 bits per heavy atom. The maximum atomic E-state index is 12.3. The van der Waals surface area contributed by atoms with Crippen molar-refractivity contribution in [1.82, 2.24) is 10.2 Å². The first-order chi connectivity index (χ1) is 7.68. The second-order valence-electron chi connectivity index (χ2n) is 5.08. The van der Waals surface area contributed by atoms with Crippen LogP contribution in [0.2, 0.25) is 0 Å². The highest BCUT2D eigenvalue weighted by Crippen LogP contribution is 2.19. The summed E-state index contributed by atoms with van der Waals surface area (Å²) in [7, 11) is 0. The van der Waals surface area contributed by atoms with Crippen LogP contribution < -0.4 is 5.32 Å². The maximum absolute atomic E-state index is 12.3. The van der Waals surface area contributed by atoms with Crippen molar-refractivity contribution in [2.45, 2.75) is 57.2 Å². The largest absolute Gasteiger partial charge is 0.392 e. The fourth-order valence-electron chi connectivity index (χ4n) is 2.71. The van der Waals surface area contributed by atoms with Gasteiger partial charge in [-0.2, -0.15) is 0 Å². The van der Waals surface area contributed by atoms with Gasteiger partial charge in [-0.05, 0) is 26.2 Å². The van der Waals surface area contributed by atoms with Crippen molar-refractivity contribution >= 4 is 5.91 Å². The van der Waals surface area contributed by atoms with Gasteiger partial charge in [0.05, 0.1) is 12.1 Å². The molecule has 3 atom stereocenters. The minimum atomic E-state index is -0.351. The molecule has 2 aliphatic heterocycles. The van der Waals surface area contributed by atoms with Gasteiger partial charge in [-0.15, -0.1) is 0 Å². The highest BCUT2D eigenvalue weighted by molar-refractivity contribution is 5.82. The zero-order valence-electron chi connectivity index (χ0n) is 9.98. The quantitative estimate of drug-likeness (QED) is 0.684. The molecule has 2 saturated heterocycles. The lowest BCUT2D eigenvalue weighted by Crippen LogP contribution is -2.47. The molecule has 2 fully saturated rings. The minimum absolute atomic E-state index is 0.157. The van der Waals surface area contributed by atoms with Crippen molar-refractivity contribution in [3.05, 3.63) is 0 Å². The number of aliphatic hydroxyl groups is 1. The Morgan fingerprint density at radius 1 is 1.38 bits per heavy atom. The molecule has 0 aromatic heterocycles. The summed E-state index contributed by atoms with van der Waals surface area (Å²) in [5, 5.41) is 12.5. The summed E-state index contributed by atoms with van der Waals surface area (Å²) in [6.07, 6.45) is 4.91. The SMILES string of the molecule is CC1CCCCCN1C(=O)C1CC(O)CN1. The lowest BCUT2D eigenvalue weighted by molar-refractivity contribution is -0.135. The van der Waals surface area contributed by atoms with Gasteiger partial charge >= 0.3 is 0 Å². The van der Waals surface area contributed by atoms with E-state index < -0.39 is 0 Å². The molecule has 0 aromatic rings. The molecular formula is C12H22N2O2. The summed E-state index contributed by atoms with van der Waals surface area (Å²) >= 11 is 0. The molecule has 92 valence electrons. The number of likely N-dealkylation sites (tertiary alicyclic amines) is 1. The molecule has 2 aliphatic rings. The van der Waals surface area contributed by atoms with E-state index in [0.717, 1.165) is 19.4 Å². The number of carbonyl (C=O) groups is 1. The molecule has 2 rings (SSSR count). The van der Waals surface area contributed by atoms with Crippen LogP contribution in [0.15, 0.2) is 0 Å². The third-order valence-electron chi connectivity index (χ3n) is 3.74. The van der Waals surface area contributed by atoms with E-state index in [9.17, 15) is 9.90 Å². The predicted molar refractivity (Wildman–Crippen MR) is 62.1 cm³/mol. The molecule has 0 saturated carbocycles. The molecule has 2 N–H and O–H groups in total. The van der Waals surface area contributed by atoms with E-state index in [2.05, 4.69) is 12.2 Å². The van der Waals surface area contributed by atoms with Crippen molar-refractivity contribution in [2.75, 3.05) is 13.1 Å². The average molecular weight is 226 g/mol. The highest BCUT2D eigenvalue weighted by atomic mass is 16.3. The second-order valence-corrected chi connectivity index (χ2v) is 5.08. The van der Waals surface area contributed by atoms with Gasteiger partial charge in [0.15, 0.2) is 0 Å². The van der Waals surface area contributed by atoms with Gasteiger partial charge in [0.25, 0.3) is 0 Å². The molecule has 2 heterocycles.